The molecule has 1 aliphatic heterocycles. The number of pyridine rings is 1. The summed E-state index contributed by atoms with van der Waals surface area (Å²) in [5.74, 6) is 0.177. The average Bonchev–Trinajstić information content (AvgIpc) is 3.00. The highest BCUT2D eigenvalue weighted by Crippen LogP contribution is 2.32. The van der Waals surface area contributed by atoms with Gasteiger partial charge in [0, 0.05) is 24.9 Å². The molecule has 0 aromatic carbocycles. The van der Waals surface area contributed by atoms with Gasteiger partial charge in [0.1, 0.15) is 0 Å². The lowest BCUT2D eigenvalue weighted by atomic mass is 9.93. The molecule has 2 aromatic heterocycles. The fourth-order valence-corrected chi connectivity index (χ4v) is 4.86. The standard InChI is InChI=1S/C16H19ClN2O2S2/c1-23(20,21)15-8-14(17)9-18-16(15)13-2-5-19(6-3-13)10-12-4-7-22-11-12/h4,7-9,11,13H,2-3,5-6,10H2,1H3. The molecule has 0 atom stereocenters. The van der Waals surface area contributed by atoms with Crippen LogP contribution in [0, 0.1) is 0 Å². The SMILES string of the molecule is CS(=O)(=O)c1cc(Cl)cnc1C1CCN(Cc2ccsc2)CC1. The Bertz CT molecular complexity index is 767. The summed E-state index contributed by atoms with van der Waals surface area (Å²) in [7, 11) is -3.32. The average molecular weight is 371 g/mol. The topological polar surface area (TPSA) is 50.3 Å². The van der Waals surface area contributed by atoms with Crippen LogP contribution in [0.15, 0.2) is 34.0 Å². The van der Waals surface area contributed by atoms with Crippen molar-refractivity contribution in [1.82, 2.24) is 9.88 Å². The number of sulfone groups is 1. The number of rotatable bonds is 4. The van der Waals surface area contributed by atoms with Crippen LogP contribution in [0.4, 0.5) is 0 Å². The summed E-state index contributed by atoms with van der Waals surface area (Å²) in [6.45, 7) is 2.87. The maximum atomic E-state index is 12.0. The van der Waals surface area contributed by atoms with Crippen molar-refractivity contribution in [2.75, 3.05) is 19.3 Å². The number of thiophene rings is 1. The molecule has 2 aromatic rings. The maximum Gasteiger partial charge on any atom is 0.177 e. The first kappa shape index (κ1) is 16.9. The second-order valence-electron chi connectivity index (χ2n) is 5.99. The van der Waals surface area contributed by atoms with Crippen LogP contribution in [-0.4, -0.2) is 37.6 Å². The normalized spacial score (nSPS) is 17.5. The third-order valence-electron chi connectivity index (χ3n) is 4.21. The molecule has 23 heavy (non-hydrogen) atoms. The van der Waals surface area contributed by atoms with Gasteiger partial charge in [-0.05, 0) is 54.4 Å². The van der Waals surface area contributed by atoms with E-state index in [-0.39, 0.29) is 10.8 Å². The minimum Gasteiger partial charge on any atom is -0.299 e. The zero-order valence-electron chi connectivity index (χ0n) is 12.9. The Kier molecular flexibility index (Phi) is 5.06. The van der Waals surface area contributed by atoms with Crippen molar-refractivity contribution in [2.45, 2.75) is 30.2 Å². The fourth-order valence-electron chi connectivity index (χ4n) is 3.04. The van der Waals surface area contributed by atoms with E-state index in [0.29, 0.717) is 10.7 Å². The number of hydrogen-bond acceptors (Lipinski definition) is 5. The molecule has 3 rings (SSSR count). The van der Waals surface area contributed by atoms with Crippen molar-refractivity contribution in [3.05, 3.63) is 45.4 Å². The molecule has 0 unspecified atom stereocenters. The first-order valence-electron chi connectivity index (χ1n) is 7.52. The zero-order chi connectivity index (χ0) is 16.4. The minimum atomic E-state index is -3.32. The number of hydrogen-bond donors (Lipinski definition) is 0. The van der Waals surface area contributed by atoms with Crippen molar-refractivity contribution in [3.63, 3.8) is 0 Å². The van der Waals surface area contributed by atoms with Crippen LogP contribution >= 0.6 is 22.9 Å². The molecule has 3 heterocycles. The molecule has 0 N–H and O–H groups in total. The van der Waals surface area contributed by atoms with Crippen molar-refractivity contribution in [1.29, 1.82) is 0 Å². The number of halogens is 1. The third-order valence-corrected chi connectivity index (χ3v) is 6.27. The Morgan fingerprint density at radius 3 is 2.74 bits per heavy atom. The number of piperidine rings is 1. The first-order chi connectivity index (χ1) is 10.9. The Labute approximate surface area is 146 Å². The van der Waals surface area contributed by atoms with Crippen LogP contribution in [-0.2, 0) is 16.4 Å². The molecular formula is C16H19ClN2O2S2. The quantitative estimate of drug-likeness (QED) is 0.825. The first-order valence-corrected chi connectivity index (χ1v) is 10.7. The van der Waals surface area contributed by atoms with Crippen LogP contribution in [0.25, 0.3) is 0 Å². The second-order valence-corrected chi connectivity index (χ2v) is 9.19. The summed E-state index contributed by atoms with van der Waals surface area (Å²) in [4.78, 5) is 7.03. The lowest BCUT2D eigenvalue weighted by molar-refractivity contribution is 0.202. The maximum absolute atomic E-state index is 12.0. The van der Waals surface area contributed by atoms with Gasteiger partial charge >= 0.3 is 0 Å². The van der Waals surface area contributed by atoms with Gasteiger partial charge in [0.2, 0.25) is 0 Å². The van der Waals surface area contributed by atoms with Crippen molar-refractivity contribution in [2.24, 2.45) is 0 Å². The van der Waals surface area contributed by atoms with Gasteiger partial charge in [-0.15, -0.1) is 0 Å². The van der Waals surface area contributed by atoms with Crippen LogP contribution in [0.2, 0.25) is 5.02 Å². The molecule has 1 aliphatic rings. The lowest BCUT2D eigenvalue weighted by Crippen LogP contribution is -2.33. The molecule has 0 radical (unpaired) electrons. The number of aromatic nitrogens is 1. The van der Waals surface area contributed by atoms with Crippen molar-refractivity contribution < 1.29 is 8.42 Å². The van der Waals surface area contributed by atoms with Crippen LogP contribution < -0.4 is 0 Å². The van der Waals surface area contributed by atoms with Gasteiger partial charge in [0.05, 0.1) is 15.6 Å². The highest BCUT2D eigenvalue weighted by molar-refractivity contribution is 7.90. The molecule has 0 aliphatic carbocycles. The van der Waals surface area contributed by atoms with E-state index in [1.54, 1.807) is 17.5 Å². The summed E-state index contributed by atoms with van der Waals surface area (Å²) in [5.41, 5.74) is 2.02. The molecule has 0 saturated carbocycles. The molecule has 0 bridgehead atoms. The van der Waals surface area contributed by atoms with E-state index in [1.165, 1.54) is 17.9 Å². The lowest BCUT2D eigenvalue weighted by Gasteiger charge is -2.32. The van der Waals surface area contributed by atoms with E-state index < -0.39 is 9.84 Å². The number of likely N-dealkylation sites (tertiary alicyclic amines) is 1. The Morgan fingerprint density at radius 1 is 1.39 bits per heavy atom. The van der Waals surface area contributed by atoms with Gasteiger partial charge in [-0.2, -0.15) is 11.3 Å². The Balaban J connectivity index is 1.73. The zero-order valence-corrected chi connectivity index (χ0v) is 15.3. The predicted molar refractivity (Wildman–Crippen MR) is 93.9 cm³/mol. The molecular weight excluding hydrogens is 352 g/mol. The van der Waals surface area contributed by atoms with E-state index in [2.05, 4.69) is 26.7 Å². The molecule has 4 nitrogen and oxygen atoms in total. The summed E-state index contributed by atoms with van der Waals surface area (Å²) < 4.78 is 24.0. The van der Waals surface area contributed by atoms with E-state index in [9.17, 15) is 8.42 Å². The van der Waals surface area contributed by atoms with Gasteiger partial charge in [-0.1, -0.05) is 11.6 Å². The molecule has 1 fully saturated rings. The summed E-state index contributed by atoms with van der Waals surface area (Å²) in [5, 5.41) is 4.64. The van der Waals surface area contributed by atoms with Gasteiger partial charge in [0.25, 0.3) is 0 Å². The molecule has 7 heteroatoms. The van der Waals surface area contributed by atoms with E-state index >= 15 is 0 Å². The Morgan fingerprint density at radius 2 is 2.13 bits per heavy atom. The monoisotopic (exact) mass is 370 g/mol. The summed E-state index contributed by atoms with van der Waals surface area (Å²) in [6, 6.07) is 3.68. The van der Waals surface area contributed by atoms with Crippen LogP contribution in [0.5, 0.6) is 0 Å². The van der Waals surface area contributed by atoms with Crippen LogP contribution in [0.3, 0.4) is 0 Å². The van der Waals surface area contributed by atoms with Gasteiger partial charge < -0.3 is 0 Å². The Hall–Kier alpha value is -0.950. The van der Waals surface area contributed by atoms with Crippen LogP contribution in [0.1, 0.15) is 30.0 Å². The predicted octanol–water partition coefficient (Wildman–Crippen LogP) is 3.58. The van der Waals surface area contributed by atoms with E-state index in [4.69, 9.17) is 11.6 Å². The third kappa shape index (κ3) is 4.12. The van der Waals surface area contributed by atoms with Gasteiger partial charge in [-0.3, -0.25) is 9.88 Å². The molecule has 0 spiro atoms. The minimum absolute atomic E-state index is 0.177. The highest BCUT2D eigenvalue weighted by atomic mass is 35.5. The largest absolute Gasteiger partial charge is 0.299 e. The van der Waals surface area contributed by atoms with Crippen molar-refractivity contribution >= 4 is 32.8 Å². The molecule has 124 valence electrons. The van der Waals surface area contributed by atoms with Crippen molar-refractivity contribution in [3.8, 4) is 0 Å². The summed E-state index contributed by atoms with van der Waals surface area (Å²) >= 11 is 7.65. The van der Waals surface area contributed by atoms with E-state index in [0.717, 1.165) is 32.5 Å². The second kappa shape index (κ2) is 6.89. The summed E-state index contributed by atoms with van der Waals surface area (Å²) in [6.07, 6.45) is 4.60. The molecule has 1 saturated heterocycles. The van der Waals surface area contributed by atoms with E-state index in [1.807, 2.05) is 0 Å². The highest BCUT2D eigenvalue weighted by Gasteiger charge is 2.26. The van der Waals surface area contributed by atoms with Gasteiger partial charge in [0.15, 0.2) is 9.84 Å². The van der Waals surface area contributed by atoms with Gasteiger partial charge in [-0.25, -0.2) is 8.42 Å². The fraction of sp³-hybridized carbons (Fsp3) is 0.438. The smallest absolute Gasteiger partial charge is 0.177 e. The number of nitrogens with zero attached hydrogens (tertiary/aromatic N) is 2. The molecule has 0 amide bonds.